The molecule has 0 bridgehead atoms. The van der Waals surface area contributed by atoms with Gasteiger partial charge in [0.05, 0.1) is 44.6 Å². The fourth-order valence-corrected chi connectivity index (χ4v) is 4.83. The zero-order chi connectivity index (χ0) is 23.8. The first kappa shape index (κ1) is 24.8. The molecule has 2 aliphatic rings. The molecule has 0 saturated carbocycles. The van der Waals surface area contributed by atoms with E-state index in [4.69, 9.17) is 14.2 Å². The number of fused-ring (bicyclic) bond motifs is 1. The first-order valence-corrected chi connectivity index (χ1v) is 12.0. The summed E-state index contributed by atoms with van der Waals surface area (Å²) in [5.74, 6) is -0.0209. The summed E-state index contributed by atoms with van der Waals surface area (Å²) < 4.78 is 17.1. The average molecular weight is 470 g/mol. The standard InChI is InChI=1S/C26H35N3O5/c1-32-12-11-28-26(31)14-23-5-6-24-25(34-23)18-33-17-22(30)16-29(24)15-19-3-2-4-21(13-19)20-7-9-27-10-8-20/h2-4,7-10,13,22-25,30H,5-6,11-12,14-18H2,1H3,(H,28,31)/t22-,23-,24+,25-/m1/s1. The molecule has 0 unspecified atom stereocenters. The lowest BCUT2D eigenvalue weighted by Gasteiger charge is -2.44. The van der Waals surface area contributed by atoms with Gasteiger partial charge in [0.25, 0.3) is 0 Å². The van der Waals surface area contributed by atoms with Crippen LogP contribution in [0.4, 0.5) is 0 Å². The minimum absolute atomic E-state index is 0.0209. The first-order valence-electron chi connectivity index (χ1n) is 12.0. The van der Waals surface area contributed by atoms with Gasteiger partial charge in [-0.05, 0) is 47.7 Å². The molecule has 0 radical (unpaired) electrons. The summed E-state index contributed by atoms with van der Waals surface area (Å²) in [6, 6.07) is 12.6. The summed E-state index contributed by atoms with van der Waals surface area (Å²) in [6.07, 6.45) is 4.81. The maximum absolute atomic E-state index is 12.2. The molecule has 34 heavy (non-hydrogen) atoms. The smallest absolute Gasteiger partial charge is 0.222 e. The molecule has 2 fully saturated rings. The van der Waals surface area contributed by atoms with Gasteiger partial charge in [0, 0.05) is 45.2 Å². The maximum Gasteiger partial charge on any atom is 0.222 e. The van der Waals surface area contributed by atoms with E-state index in [1.165, 1.54) is 5.56 Å². The number of β-amino-alcohol motifs (C(OH)–C–C–N with tert-alkyl or cyclic N) is 1. The number of benzene rings is 1. The number of pyridine rings is 1. The third-order valence-corrected chi connectivity index (χ3v) is 6.46. The lowest BCUT2D eigenvalue weighted by atomic mass is 9.94. The number of amides is 1. The van der Waals surface area contributed by atoms with Gasteiger partial charge in [-0.2, -0.15) is 0 Å². The van der Waals surface area contributed by atoms with Crippen molar-refractivity contribution < 1.29 is 24.1 Å². The Hall–Kier alpha value is -2.36. The summed E-state index contributed by atoms with van der Waals surface area (Å²) >= 11 is 0. The maximum atomic E-state index is 12.2. The van der Waals surface area contributed by atoms with E-state index < -0.39 is 6.10 Å². The van der Waals surface area contributed by atoms with E-state index in [9.17, 15) is 9.90 Å². The molecule has 8 nitrogen and oxygen atoms in total. The predicted molar refractivity (Wildman–Crippen MR) is 128 cm³/mol. The number of aliphatic hydroxyl groups is 1. The molecule has 4 rings (SSSR count). The van der Waals surface area contributed by atoms with E-state index >= 15 is 0 Å². The molecule has 0 aliphatic carbocycles. The molecular formula is C26H35N3O5. The quantitative estimate of drug-likeness (QED) is 0.572. The second-order valence-corrected chi connectivity index (χ2v) is 9.05. The van der Waals surface area contributed by atoms with Gasteiger partial charge >= 0.3 is 0 Å². The topological polar surface area (TPSA) is 93.2 Å². The van der Waals surface area contributed by atoms with Gasteiger partial charge in [-0.25, -0.2) is 0 Å². The molecule has 2 aromatic rings. The molecule has 1 aromatic heterocycles. The van der Waals surface area contributed by atoms with Gasteiger partial charge < -0.3 is 24.6 Å². The van der Waals surface area contributed by atoms with Crippen LogP contribution >= 0.6 is 0 Å². The molecule has 4 atom stereocenters. The van der Waals surface area contributed by atoms with E-state index in [1.54, 1.807) is 19.5 Å². The monoisotopic (exact) mass is 469 g/mol. The van der Waals surface area contributed by atoms with Crippen LogP contribution in [0.25, 0.3) is 11.1 Å². The number of rotatable bonds is 8. The highest BCUT2D eigenvalue weighted by Crippen LogP contribution is 2.29. The average Bonchev–Trinajstić information content (AvgIpc) is 2.84. The van der Waals surface area contributed by atoms with E-state index in [0.29, 0.717) is 39.3 Å². The van der Waals surface area contributed by atoms with Crippen LogP contribution in [0.3, 0.4) is 0 Å². The van der Waals surface area contributed by atoms with Crippen molar-refractivity contribution in [2.45, 2.75) is 50.2 Å². The predicted octanol–water partition coefficient (Wildman–Crippen LogP) is 2.01. The summed E-state index contributed by atoms with van der Waals surface area (Å²) in [7, 11) is 1.61. The number of nitrogens with zero attached hydrogens (tertiary/aromatic N) is 2. The van der Waals surface area contributed by atoms with Crippen LogP contribution in [-0.4, -0.2) is 85.3 Å². The molecule has 2 N–H and O–H groups in total. The molecule has 8 heteroatoms. The van der Waals surface area contributed by atoms with Crippen LogP contribution in [0, 0.1) is 0 Å². The lowest BCUT2D eigenvalue weighted by Crippen LogP contribution is -2.55. The van der Waals surface area contributed by atoms with Crippen LogP contribution in [0.5, 0.6) is 0 Å². The van der Waals surface area contributed by atoms with Crippen molar-refractivity contribution in [2.75, 3.05) is 40.0 Å². The number of nitrogens with one attached hydrogen (secondary N) is 1. The van der Waals surface area contributed by atoms with Crippen LogP contribution in [0.1, 0.15) is 24.8 Å². The largest absolute Gasteiger partial charge is 0.389 e. The zero-order valence-corrected chi connectivity index (χ0v) is 19.8. The van der Waals surface area contributed by atoms with E-state index in [1.807, 2.05) is 12.1 Å². The Kier molecular flexibility index (Phi) is 9.01. The van der Waals surface area contributed by atoms with Gasteiger partial charge in [-0.3, -0.25) is 14.7 Å². The van der Waals surface area contributed by atoms with Crippen molar-refractivity contribution in [3.63, 3.8) is 0 Å². The first-order chi connectivity index (χ1) is 16.6. The van der Waals surface area contributed by atoms with Crippen LogP contribution in [0.15, 0.2) is 48.8 Å². The highest BCUT2D eigenvalue weighted by Gasteiger charge is 2.38. The number of aromatic nitrogens is 1. The summed E-state index contributed by atoms with van der Waals surface area (Å²) in [5, 5.41) is 13.4. The normalized spacial score (nSPS) is 25.7. The van der Waals surface area contributed by atoms with Crippen LogP contribution in [0.2, 0.25) is 0 Å². The Morgan fingerprint density at radius 1 is 1.21 bits per heavy atom. The van der Waals surface area contributed by atoms with Gasteiger partial charge in [-0.1, -0.05) is 18.2 Å². The summed E-state index contributed by atoms with van der Waals surface area (Å²) in [4.78, 5) is 18.7. The summed E-state index contributed by atoms with van der Waals surface area (Å²) in [6.45, 7) is 2.92. The van der Waals surface area contributed by atoms with Crippen molar-refractivity contribution in [3.8, 4) is 11.1 Å². The molecule has 2 aliphatic heterocycles. The highest BCUT2D eigenvalue weighted by atomic mass is 16.5. The van der Waals surface area contributed by atoms with E-state index in [0.717, 1.165) is 24.0 Å². The third-order valence-electron chi connectivity index (χ3n) is 6.46. The molecule has 184 valence electrons. The van der Waals surface area contributed by atoms with Crippen molar-refractivity contribution in [1.29, 1.82) is 0 Å². The number of ether oxygens (including phenoxy) is 3. The van der Waals surface area contributed by atoms with Crippen molar-refractivity contribution in [3.05, 3.63) is 54.4 Å². The van der Waals surface area contributed by atoms with Crippen LogP contribution in [-0.2, 0) is 25.5 Å². The van der Waals surface area contributed by atoms with Crippen LogP contribution < -0.4 is 5.32 Å². The van der Waals surface area contributed by atoms with Crippen molar-refractivity contribution in [1.82, 2.24) is 15.2 Å². The Balaban J connectivity index is 1.42. The Labute approximate surface area is 201 Å². The Bertz CT molecular complexity index is 912. The zero-order valence-electron chi connectivity index (χ0n) is 19.8. The van der Waals surface area contributed by atoms with Gasteiger partial charge in [-0.15, -0.1) is 0 Å². The second kappa shape index (κ2) is 12.4. The second-order valence-electron chi connectivity index (χ2n) is 9.05. The van der Waals surface area contributed by atoms with E-state index in [2.05, 4.69) is 39.5 Å². The summed E-state index contributed by atoms with van der Waals surface area (Å²) in [5.41, 5.74) is 3.46. The number of hydrogen-bond acceptors (Lipinski definition) is 7. The minimum atomic E-state index is -0.548. The molecule has 1 aromatic carbocycles. The molecular weight excluding hydrogens is 434 g/mol. The lowest BCUT2D eigenvalue weighted by molar-refractivity contribution is -0.158. The Morgan fingerprint density at radius 3 is 2.88 bits per heavy atom. The highest BCUT2D eigenvalue weighted by molar-refractivity contribution is 5.76. The number of methoxy groups -OCH3 is 1. The molecule has 1 amide bonds. The Morgan fingerprint density at radius 2 is 2.06 bits per heavy atom. The number of carbonyl (C=O) groups excluding carboxylic acids is 1. The molecule has 0 spiro atoms. The molecule has 3 heterocycles. The van der Waals surface area contributed by atoms with E-state index in [-0.39, 0.29) is 30.8 Å². The number of hydrogen-bond donors (Lipinski definition) is 2. The third kappa shape index (κ3) is 6.84. The SMILES string of the molecule is COCCNC(=O)C[C@H]1CC[C@H]2[C@@H](COC[C@H](O)CN2Cc2cccc(-c3ccncc3)c2)O1. The number of carbonyl (C=O) groups is 1. The number of aliphatic hydroxyl groups excluding tert-OH is 1. The van der Waals surface area contributed by atoms with Gasteiger partial charge in [0.15, 0.2) is 0 Å². The van der Waals surface area contributed by atoms with Gasteiger partial charge in [0.1, 0.15) is 0 Å². The van der Waals surface area contributed by atoms with Crippen molar-refractivity contribution >= 4 is 5.91 Å². The van der Waals surface area contributed by atoms with Crippen molar-refractivity contribution in [2.24, 2.45) is 0 Å². The fourth-order valence-electron chi connectivity index (χ4n) is 4.83. The minimum Gasteiger partial charge on any atom is -0.389 e. The fraction of sp³-hybridized carbons (Fsp3) is 0.538. The molecule has 2 saturated heterocycles. The van der Waals surface area contributed by atoms with Gasteiger partial charge in [0.2, 0.25) is 5.91 Å².